The van der Waals surface area contributed by atoms with Crippen molar-refractivity contribution in [1.29, 1.82) is 0 Å². The summed E-state index contributed by atoms with van der Waals surface area (Å²) >= 11 is 0. The molecular weight excluding hydrogens is 476 g/mol. The molecule has 1 fully saturated rings. The average Bonchev–Trinajstić information content (AvgIpc) is 3.54. The van der Waals surface area contributed by atoms with E-state index in [9.17, 15) is 9.59 Å². The van der Waals surface area contributed by atoms with Gasteiger partial charge in [-0.2, -0.15) is 0 Å². The minimum absolute atomic E-state index is 0.121. The largest absolute Gasteiger partial charge is 0.497 e. The van der Waals surface area contributed by atoms with Crippen molar-refractivity contribution in [3.05, 3.63) is 89.2 Å². The molecule has 1 saturated carbocycles. The highest BCUT2D eigenvalue weighted by Gasteiger charge is 2.35. The fourth-order valence-corrected chi connectivity index (χ4v) is 5.24. The summed E-state index contributed by atoms with van der Waals surface area (Å²) in [6.45, 7) is 3.94. The number of nitrogens with one attached hydrogen (secondary N) is 1. The van der Waals surface area contributed by atoms with Crippen LogP contribution < -0.4 is 15.0 Å². The Bertz CT molecular complexity index is 1450. The van der Waals surface area contributed by atoms with Gasteiger partial charge in [0.15, 0.2) is 0 Å². The van der Waals surface area contributed by atoms with E-state index < -0.39 is 6.04 Å². The van der Waals surface area contributed by atoms with Crippen LogP contribution in [0.3, 0.4) is 0 Å². The van der Waals surface area contributed by atoms with E-state index in [-0.39, 0.29) is 17.9 Å². The number of imidazole rings is 1. The van der Waals surface area contributed by atoms with Crippen LogP contribution in [0.1, 0.15) is 59.0 Å². The molecule has 4 aromatic rings. The summed E-state index contributed by atoms with van der Waals surface area (Å²) in [7, 11) is 3.56. The SMILES string of the molecule is COc1ccc(N(C(=O)c2ccc3c(c2)nc(C)n3C)[C@H](C(=O)NC2CCCC2)c2ccc(C)cc2)cc1. The van der Waals surface area contributed by atoms with Crippen LogP contribution >= 0.6 is 0 Å². The van der Waals surface area contributed by atoms with Gasteiger partial charge in [0.2, 0.25) is 5.91 Å². The predicted molar refractivity (Wildman–Crippen MR) is 150 cm³/mol. The quantitative estimate of drug-likeness (QED) is 0.349. The number of benzene rings is 3. The fourth-order valence-electron chi connectivity index (χ4n) is 5.24. The van der Waals surface area contributed by atoms with Crippen molar-refractivity contribution >= 4 is 28.5 Å². The number of rotatable bonds is 7. The number of ether oxygens (including phenoxy) is 1. The molecule has 1 N–H and O–H groups in total. The first-order valence-electron chi connectivity index (χ1n) is 13.1. The zero-order valence-electron chi connectivity index (χ0n) is 22.4. The topological polar surface area (TPSA) is 76.5 Å². The Morgan fingerprint density at radius 3 is 2.34 bits per heavy atom. The lowest BCUT2D eigenvalue weighted by atomic mass is 9.99. The molecule has 1 aromatic heterocycles. The van der Waals surface area contributed by atoms with Crippen LogP contribution in [-0.2, 0) is 11.8 Å². The lowest BCUT2D eigenvalue weighted by Crippen LogP contribution is -2.46. The van der Waals surface area contributed by atoms with Gasteiger partial charge in [0.25, 0.3) is 5.91 Å². The van der Waals surface area contributed by atoms with Crippen molar-refractivity contribution in [3.63, 3.8) is 0 Å². The second-order valence-electron chi connectivity index (χ2n) is 10.1. The van der Waals surface area contributed by atoms with Crippen molar-refractivity contribution < 1.29 is 14.3 Å². The summed E-state index contributed by atoms with van der Waals surface area (Å²) < 4.78 is 7.35. The molecule has 0 unspecified atom stereocenters. The predicted octanol–water partition coefficient (Wildman–Crippen LogP) is 5.65. The molecule has 0 bridgehead atoms. The number of aryl methyl sites for hydroxylation is 3. The fraction of sp³-hybridized carbons (Fsp3) is 0.323. The molecule has 7 nitrogen and oxygen atoms in total. The van der Waals surface area contributed by atoms with Crippen molar-refractivity contribution in [3.8, 4) is 5.75 Å². The Hall–Kier alpha value is -4.13. The number of nitrogens with zero attached hydrogens (tertiary/aromatic N) is 3. The van der Waals surface area contributed by atoms with Crippen molar-refractivity contribution in [2.45, 2.75) is 51.6 Å². The van der Waals surface area contributed by atoms with E-state index in [1.54, 1.807) is 12.0 Å². The molecule has 0 aliphatic heterocycles. The first-order chi connectivity index (χ1) is 18.4. The molecule has 2 amide bonds. The monoisotopic (exact) mass is 510 g/mol. The number of carbonyl (C=O) groups excluding carboxylic acids is 2. The summed E-state index contributed by atoms with van der Waals surface area (Å²) in [5.74, 6) is 1.09. The zero-order valence-corrected chi connectivity index (χ0v) is 22.4. The normalized spacial score (nSPS) is 14.4. The first-order valence-corrected chi connectivity index (χ1v) is 13.1. The second-order valence-corrected chi connectivity index (χ2v) is 10.1. The van der Waals surface area contributed by atoms with Gasteiger partial charge in [-0.3, -0.25) is 14.5 Å². The summed E-state index contributed by atoms with van der Waals surface area (Å²) in [5.41, 5.74) is 4.61. The molecule has 7 heteroatoms. The Kier molecular flexibility index (Phi) is 7.18. The third-order valence-corrected chi connectivity index (χ3v) is 7.52. The Balaban J connectivity index is 1.63. The van der Waals surface area contributed by atoms with Crippen molar-refractivity contribution in [1.82, 2.24) is 14.9 Å². The number of hydrogen-bond donors (Lipinski definition) is 1. The molecule has 1 heterocycles. The minimum atomic E-state index is -0.849. The number of fused-ring (bicyclic) bond motifs is 1. The van der Waals surface area contributed by atoms with Crippen molar-refractivity contribution in [2.75, 3.05) is 12.0 Å². The van der Waals surface area contributed by atoms with Gasteiger partial charge in [-0.15, -0.1) is 0 Å². The average molecular weight is 511 g/mol. The van der Waals surface area contributed by atoms with Crippen LogP contribution in [0.25, 0.3) is 11.0 Å². The van der Waals surface area contributed by atoms with E-state index >= 15 is 0 Å². The molecule has 0 spiro atoms. The maximum absolute atomic E-state index is 14.3. The number of aromatic nitrogens is 2. The van der Waals surface area contributed by atoms with E-state index in [1.807, 2.05) is 92.2 Å². The highest BCUT2D eigenvalue weighted by atomic mass is 16.5. The number of amides is 2. The summed E-state index contributed by atoms with van der Waals surface area (Å²) in [5, 5.41) is 3.24. The molecule has 38 heavy (non-hydrogen) atoms. The van der Waals surface area contributed by atoms with Gasteiger partial charge in [0, 0.05) is 24.3 Å². The zero-order chi connectivity index (χ0) is 26.8. The third-order valence-electron chi connectivity index (χ3n) is 7.52. The maximum Gasteiger partial charge on any atom is 0.259 e. The number of hydrogen-bond acceptors (Lipinski definition) is 4. The molecular formula is C31H34N4O3. The number of anilines is 1. The van der Waals surface area contributed by atoms with E-state index in [2.05, 4.69) is 10.3 Å². The van der Waals surface area contributed by atoms with Gasteiger partial charge in [0.05, 0.1) is 18.1 Å². The van der Waals surface area contributed by atoms with E-state index in [1.165, 1.54) is 0 Å². The molecule has 196 valence electrons. The second kappa shape index (κ2) is 10.7. The Morgan fingerprint density at radius 2 is 1.68 bits per heavy atom. The number of carbonyl (C=O) groups is 2. The summed E-state index contributed by atoms with van der Waals surface area (Å²) in [6.07, 6.45) is 4.12. The molecule has 1 atom stereocenters. The lowest BCUT2D eigenvalue weighted by Gasteiger charge is -2.32. The van der Waals surface area contributed by atoms with Gasteiger partial charge in [-0.25, -0.2) is 4.98 Å². The standard InChI is InChI=1S/C31H34N4O3/c1-20-9-11-22(12-10-20)29(30(36)33-24-7-5-6-8-24)35(25-14-16-26(38-4)17-15-25)31(37)23-13-18-28-27(19-23)32-21(2)34(28)3/h9-19,24,29H,5-8H2,1-4H3,(H,33,36)/t29-/m0/s1. The van der Waals surface area contributed by atoms with Crippen LogP contribution in [0.2, 0.25) is 0 Å². The summed E-state index contributed by atoms with van der Waals surface area (Å²) in [6, 6.07) is 19.9. The van der Waals surface area contributed by atoms with Crippen LogP contribution in [0.15, 0.2) is 66.7 Å². The third kappa shape index (κ3) is 5.01. The van der Waals surface area contributed by atoms with Crippen LogP contribution in [0, 0.1) is 13.8 Å². The lowest BCUT2D eigenvalue weighted by molar-refractivity contribution is -0.123. The van der Waals surface area contributed by atoms with Gasteiger partial charge < -0.3 is 14.6 Å². The highest BCUT2D eigenvalue weighted by Crippen LogP contribution is 2.32. The summed E-state index contributed by atoms with van der Waals surface area (Å²) in [4.78, 5) is 34.5. The van der Waals surface area contributed by atoms with Gasteiger partial charge in [0.1, 0.15) is 17.6 Å². The number of methoxy groups -OCH3 is 1. The van der Waals surface area contributed by atoms with Gasteiger partial charge >= 0.3 is 0 Å². The van der Waals surface area contributed by atoms with Crippen LogP contribution in [-0.4, -0.2) is 34.5 Å². The Morgan fingerprint density at radius 1 is 1.00 bits per heavy atom. The van der Waals surface area contributed by atoms with E-state index in [4.69, 9.17) is 4.74 Å². The van der Waals surface area contributed by atoms with Gasteiger partial charge in [-0.1, -0.05) is 42.7 Å². The van der Waals surface area contributed by atoms with Crippen LogP contribution in [0.4, 0.5) is 5.69 Å². The first kappa shape index (κ1) is 25.5. The maximum atomic E-state index is 14.3. The van der Waals surface area contributed by atoms with Gasteiger partial charge in [-0.05, 0) is 74.7 Å². The molecule has 5 rings (SSSR count). The molecule has 0 radical (unpaired) electrons. The Labute approximate surface area is 223 Å². The van der Waals surface area contributed by atoms with E-state index in [0.717, 1.165) is 53.7 Å². The minimum Gasteiger partial charge on any atom is -0.497 e. The molecule has 1 aliphatic rings. The van der Waals surface area contributed by atoms with Crippen LogP contribution in [0.5, 0.6) is 5.75 Å². The smallest absolute Gasteiger partial charge is 0.259 e. The molecule has 0 saturated heterocycles. The highest BCUT2D eigenvalue weighted by molar-refractivity contribution is 6.11. The van der Waals surface area contributed by atoms with Crippen molar-refractivity contribution in [2.24, 2.45) is 7.05 Å². The van der Waals surface area contributed by atoms with E-state index in [0.29, 0.717) is 17.0 Å². The molecule has 3 aromatic carbocycles. The molecule has 1 aliphatic carbocycles.